The molecule has 3 rings (SSSR count). The second-order valence-electron chi connectivity index (χ2n) is 6.02. The SMILES string of the molecule is CC1CCNCC1NC(=O)c1cncc(-c2ccc(Cl)cc2)c1. The largest absolute Gasteiger partial charge is 0.348 e. The number of nitrogens with zero attached hydrogens (tertiary/aromatic N) is 1. The zero-order valence-corrected chi connectivity index (χ0v) is 13.8. The summed E-state index contributed by atoms with van der Waals surface area (Å²) < 4.78 is 0. The van der Waals surface area contributed by atoms with Crippen LogP contribution in [0.2, 0.25) is 5.02 Å². The Labute approximate surface area is 141 Å². The van der Waals surface area contributed by atoms with Crippen LogP contribution in [0.5, 0.6) is 0 Å². The van der Waals surface area contributed by atoms with Gasteiger partial charge in [-0.15, -0.1) is 0 Å². The van der Waals surface area contributed by atoms with Crippen molar-refractivity contribution in [3.8, 4) is 11.1 Å². The monoisotopic (exact) mass is 329 g/mol. The van der Waals surface area contributed by atoms with Crippen molar-refractivity contribution in [1.29, 1.82) is 0 Å². The van der Waals surface area contributed by atoms with Gasteiger partial charge in [0, 0.05) is 35.6 Å². The predicted octanol–water partition coefficient (Wildman–Crippen LogP) is 3.13. The number of carbonyl (C=O) groups excluding carboxylic acids is 1. The predicted molar refractivity (Wildman–Crippen MR) is 92.6 cm³/mol. The van der Waals surface area contributed by atoms with Crippen LogP contribution in [0.4, 0.5) is 0 Å². The molecule has 1 aromatic carbocycles. The van der Waals surface area contributed by atoms with E-state index in [1.165, 1.54) is 0 Å². The highest BCUT2D eigenvalue weighted by Crippen LogP contribution is 2.22. The average Bonchev–Trinajstić information content (AvgIpc) is 2.58. The fraction of sp³-hybridized carbons (Fsp3) is 0.333. The Morgan fingerprint density at radius 3 is 2.78 bits per heavy atom. The number of nitrogens with one attached hydrogen (secondary N) is 2. The summed E-state index contributed by atoms with van der Waals surface area (Å²) in [5.74, 6) is 0.404. The van der Waals surface area contributed by atoms with Crippen LogP contribution in [0, 0.1) is 5.92 Å². The van der Waals surface area contributed by atoms with Crippen molar-refractivity contribution in [2.45, 2.75) is 19.4 Å². The number of benzene rings is 1. The summed E-state index contributed by atoms with van der Waals surface area (Å²) in [6, 6.07) is 9.54. The van der Waals surface area contributed by atoms with E-state index in [9.17, 15) is 4.79 Å². The molecule has 2 N–H and O–H groups in total. The van der Waals surface area contributed by atoms with E-state index in [1.54, 1.807) is 12.4 Å². The average molecular weight is 330 g/mol. The summed E-state index contributed by atoms with van der Waals surface area (Å²) in [5, 5.41) is 7.12. The minimum absolute atomic E-state index is 0.0751. The Bertz CT molecular complexity index is 687. The molecule has 0 aliphatic carbocycles. The van der Waals surface area contributed by atoms with Gasteiger partial charge >= 0.3 is 0 Å². The lowest BCUT2D eigenvalue weighted by atomic mass is 9.94. The molecule has 2 unspecified atom stereocenters. The summed E-state index contributed by atoms with van der Waals surface area (Å²) in [4.78, 5) is 16.7. The molecule has 1 aliphatic heterocycles. The van der Waals surface area contributed by atoms with E-state index in [4.69, 9.17) is 11.6 Å². The standard InChI is InChI=1S/C18H20ClN3O/c1-12-6-7-20-11-17(12)22-18(23)15-8-14(9-21-10-15)13-2-4-16(19)5-3-13/h2-5,8-10,12,17,20H,6-7,11H2,1H3,(H,22,23). The molecule has 0 radical (unpaired) electrons. The molecule has 0 saturated carbocycles. The molecule has 120 valence electrons. The van der Waals surface area contributed by atoms with Gasteiger partial charge in [-0.05, 0) is 42.6 Å². The molecule has 1 fully saturated rings. The van der Waals surface area contributed by atoms with Crippen molar-refractivity contribution in [3.63, 3.8) is 0 Å². The maximum Gasteiger partial charge on any atom is 0.253 e. The topological polar surface area (TPSA) is 54.0 Å². The second kappa shape index (κ2) is 7.11. The molecule has 2 aromatic rings. The number of aromatic nitrogens is 1. The fourth-order valence-corrected chi connectivity index (χ4v) is 2.92. The molecule has 1 amide bonds. The zero-order chi connectivity index (χ0) is 16.2. The third kappa shape index (κ3) is 3.89. The highest BCUT2D eigenvalue weighted by atomic mass is 35.5. The van der Waals surface area contributed by atoms with E-state index in [2.05, 4.69) is 22.5 Å². The highest BCUT2D eigenvalue weighted by molar-refractivity contribution is 6.30. The van der Waals surface area contributed by atoms with Gasteiger partial charge in [-0.25, -0.2) is 0 Å². The first kappa shape index (κ1) is 16.0. The van der Waals surface area contributed by atoms with E-state index in [1.807, 2.05) is 30.3 Å². The van der Waals surface area contributed by atoms with Gasteiger partial charge in [0.15, 0.2) is 0 Å². The number of piperidine rings is 1. The van der Waals surface area contributed by atoms with Crippen molar-refractivity contribution in [1.82, 2.24) is 15.6 Å². The lowest BCUT2D eigenvalue weighted by Crippen LogP contribution is -2.50. The van der Waals surface area contributed by atoms with Crippen molar-refractivity contribution in [2.24, 2.45) is 5.92 Å². The third-order valence-electron chi connectivity index (χ3n) is 4.32. The van der Waals surface area contributed by atoms with Gasteiger partial charge < -0.3 is 10.6 Å². The van der Waals surface area contributed by atoms with Gasteiger partial charge in [-0.3, -0.25) is 9.78 Å². The lowest BCUT2D eigenvalue weighted by molar-refractivity contribution is 0.0915. The molecule has 1 aromatic heterocycles. The molecule has 4 nitrogen and oxygen atoms in total. The Kier molecular flexibility index (Phi) is 4.94. The number of hydrogen-bond acceptors (Lipinski definition) is 3. The Hall–Kier alpha value is -1.91. The van der Waals surface area contributed by atoms with Crippen LogP contribution in [0.25, 0.3) is 11.1 Å². The lowest BCUT2D eigenvalue weighted by Gasteiger charge is -2.30. The third-order valence-corrected chi connectivity index (χ3v) is 4.57. The van der Waals surface area contributed by atoms with Crippen LogP contribution < -0.4 is 10.6 Å². The van der Waals surface area contributed by atoms with Gasteiger partial charge in [0.1, 0.15) is 0 Å². The van der Waals surface area contributed by atoms with E-state index in [0.717, 1.165) is 30.6 Å². The molecule has 2 atom stereocenters. The van der Waals surface area contributed by atoms with E-state index in [0.29, 0.717) is 16.5 Å². The molecule has 0 spiro atoms. The summed E-state index contributed by atoms with van der Waals surface area (Å²) in [6.07, 6.45) is 4.44. The van der Waals surface area contributed by atoms with Gasteiger partial charge in [-0.2, -0.15) is 0 Å². The normalized spacial score (nSPS) is 21.0. The number of amides is 1. The van der Waals surface area contributed by atoms with E-state index in [-0.39, 0.29) is 11.9 Å². The molecule has 23 heavy (non-hydrogen) atoms. The Balaban J connectivity index is 1.76. The number of hydrogen-bond donors (Lipinski definition) is 2. The van der Waals surface area contributed by atoms with Gasteiger partial charge in [0.05, 0.1) is 5.56 Å². The molecule has 2 heterocycles. The summed E-state index contributed by atoms with van der Waals surface area (Å²) in [6.45, 7) is 4.01. The Morgan fingerprint density at radius 2 is 2.04 bits per heavy atom. The maximum absolute atomic E-state index is 12.5. The van der Waals surface area contributed by atoms with E-state index < -0.39 is 0 Å². The van der Waals surface area contributed by atoms with Crippen LogP contribution in [0.3, 0.4) is 0 Å². The first-order chi connectivity index (χ1) is 11.1. The van der Waals surface area contributed by atoms with Crippen molar-refractivity contribution in [2.75, 3.05) is 13.1 Å². The smallest absolute Gasteiger partial charge is 0.253 e. The molecular formula is C18H20ClN3O. The first-order valence-electron chi connectivity index (χ1n) is 7.86. The highest BCUT2D eigenvalue weighted by Gasteiger charge is 2.23. The summed E-state index contributed by atoms with van der Waals surface area (Å²) >= 11 is 5.92. The first-order valence-corrected chi connectivity index (χ1v) is 8.24. The minimum Gasteiger partial charge on any atom is -0.348 e. The van der Waals surface area contributed by atoms with Crippen molar-refractivity contribution >= 4 is 17.5 Å². The number of pyridine rings is 1. The number of rotatable bonds is 3. The Morgan fingerprint density at radius 1 is 1.26 bits per heavy atom. The zero-order valence-electron chi connectivity index (χ0n) is 13.1. The van der Waals surface area contributed by atoms with Crippen molar-refractivity contribution < 1.29 is 4.79 Å². The molecule has 5 heteroatoms. The minimum atomic E-state index is -0.0751. The molecule has 0 bridgehead atoms. The van der Waals surface area contributed by atoms with Gasteiger partial charge in [0.2, 0.25) is 0 Å². The van der Waals surface area contributed by atoms with Crippen LogP contribution in [-0.4, -0.2) is 30.0 Å². The quantitative estimate of drug-likeness (QED) is 0.909. The molecule has 1 saturated heterocycles. The van der Waals surface area contributed by atoms with Crippen LogP contribution in [0.1, 0.15) is 23.7 Å². The van der Waals surface area contributed by atoms with Crippen LogP contribution in [0.15, 0.2) is 42.7 Å². The maximum atomic E-state index is 12.5. The van der Waals surface area contributed by atoms with Crippen molar-refractivity contribution in [3.05, 3.63) is 53.3 Å². The van der Waals surface area contributed by atoms with Gasteiger partial charge in [-0.1, -0.05) is 30.7 Å². The van der Waals surface area contributed by atoms with Crippen LogP contribution >= 0.6 is 11.6 Å². The summed E-state index contributed by atoms with van der Waals surface area (Å²) in [7, 11) is 0. The fourth-order valence-electron chi connectivity index (χ4n) is 2.80. The second-order valence-corrected chi connectivity index (χ2v) is 6.46. The molecular weight excluding hydrogens is 310 g/mol. The van der Waals surface area contributed by atoms with Gasteiger partial charge in [0.25, 0.3) is 5.91 Å². The summed E-state index contributed by atoms with van der Waals surface area (Å²) in [5.41, 5.74) is 2.48. The van der Waals surface area contributed by atoms with Crippen LogP contribution in [-0.2, 0) is 0 Å². The number of carbonyl (C=O) groups is 1. The van der Waals surface area contributed by atoms with E-state index >= 15 is 0 Å². The number of halogens is 1. The molecule has 1 aliphatic rings.